The van der Waals surface area contributed by atoms with Gasteiger partial charge in [-0.15, -0.1) is 0 Å². The molecule has 1 aromatic heterocycles. The second kappa shape index (κ2) is 13.7. The molecule has 3 rings (SSSR count). The first kappa shape index (κ1) is 22.2. The number of hydrogen-bond acceptors (Lipinski definition) is 6. The number of H-pyrrole nitrogens is 1. The average Bonchev–Trinajstić information content (AvgIpc) is 3.21. The molecule has 0 spiro atoms. The third kappa shape index (κ3) is 8.82. The Balaban J connectivity index is 1.43. The maximum Gasteiger partial charge on any atom is 0.0701 e. The summed E-state index contributed by atoms with van der Waals surface area (Å²) in [6, 6.07) is 8.74. The van der Waals surface area contributed by atoms with Gasteiger partial charge in [0.15, 0.2) is 0 Å². The molecule has 162 valence electrons. The Bertz CT molecular complexity index is 660. The Morgan fingerprint density at radius 2 is 1.24 bits per heavy atom. The first-order valence-electron chi connectivity index (χ1n) is 10.6. The van der Waals surface area contributed by atoms with E-state index in [0.29, 0.717) is 66.1 Å². The standard InChI is InChI=1S/C22H34N2O5/c1-2-22-21(3-5-23-22)19-20(1)4-6-24-7-9-25-11-13-27-15-17-29-18-16-28-14-12-26-10-8-24/h1-3,5,19,23H,4,6-18H2. The fraction of sp³-hybridized carbons (Fsp3) is 0.636. The van der Waals surface area contributed by atoms with Crippen molar-refractivity contribution in [1.82, 2.24) is 9.88 Å². The van der Waals surface area contributed by atoms with E-state index in [1.807, 2.05) is 6.20 Å². The lowest BCUT2D eigenvalue weighted by Gasteiger charge is -2.22. The van der Waals surface area contributed by atoms with Gasteiger partial charge in [0, 0.05) is 31.3 Å². The molecule has 1 aliphatic heterocycles. The molecular formula is C22H34N2O5. The van der Waals surface area contributed by atoms with Gasteiger partial charge in [-0.25, -0.2) is 0 Å². The van der Waals surface area contributed by atoms with Crippen LogP contribution in [0.25, 0.3) is 10.9 Å². The third-order valence-electron chi connectivity index (χ3n) is 4.93. The van der Waals surface area contributed by atoms with E-state index in [1.165, 1.54) is 16.5 Å². The zero-order valence-corrected chi connectivity index (χ0v) is 17.3. The van der Waals surface area contributed by atoms with Crippen LogP contribution in [0.4, 0.5) is 0 Å². The molecule has 1 saturated heterocycles. The minimum atomic E-state index is 0.586. The Labute approximate surface area is 173 Å². The molecule has 7 nitrogen and oxygen atoms in total. The first-order valence-corrected chi connectivity index (χ1v) is 10.6. The topological polar surface area (TPSA) is 65.2 Å². The van der Waals surface area contributed by atoms with Gasteiger partial charge in [-0.1, -0.05) is 6.07 Å². The molecule has 0 atom stereocenters. The highest BCUT2D eigenvalue weighted by molar-refractivity contribution is 5.79. The Morgan fingerprint density at radius 1 is 0.690 bits per heavy atom. The van der Waals surface area contributed by atoms with Crippen LogP contribution in [-0.2, 0) is 30.1 Å². The minimum absolute atomic E-state index is 0.586. The molecule has 29 heavy (non-hydrogen) atoms. The number of aromatic nitrogens is 1. The lowest BCUT2D eigenvalue weighted by Crippen LogP contribution is -2.33. The van der Waals surface area contributed by atoms with E-state index in [4.69, 9.17) is 23.7 Å². The van der Waals surface area contributed by atoms with E-state index < -0.39 is 0 Å². The van der Waals surface area contributed by atoms with Gasteiger partial charge in [0.2, 0.25) is 0 Å². The molecule has 0 amide bonds. The summed E-state index contributed by atoms with van der Waals surface area (Å²) in [5, 5.41) is 1.26. The Morgan fingerprint density at radius 3 is 1.83 bits per heavy atom. The fourth-order valence-electron chi connectivity index (χ4n) is 3.25. The monoisotopic (exact) mass is 406 g/mol. The molecule has 2 aromatic rings. The fourth-order valence-corrected chi connectivity index (χ4v) is 3.25. The van der Waals surface area contributed by atoms with Crippen LogP contribution in [0.2, 0.25) is 0 Å². The summed E-state index contributed by atoms with van der Waals surface area (Å²) in [5.74, 6) is 0. The van der Waals surface area contributed by atoms with E-state index in [0.717, 1.165) is 26.1 Å². The number of aromatic amines is 1. The predicted octanol–water partition coefficient (Wildman–Crippen LogP) is 2.11. The van der Waals surface area contributed by atoms with Crippen LogP contribution in [0.5, 0.6) is 0 Å². The summed E-state index contributed by atoms with van der Waals surface area (Å²) in [5.41, 5.74) is 2.53. The summed E-state index contributed by atoms with van der Waals surface area (Å²) in [6.45, 7) is 8.89. The van der Waals surface area contributed by atoms with Gasteiger partial charge >= 0.3 is 0 Å². The smallest absolute Gasteiger partial charge is 0.0701 e. The van der Waals surface area contributed by atoms with Crippen LogP contribution in [0.1, 0.15) is 5.56 Å². The Kier molecular flexibility index (Phi) is 10.5. The van der Waals surface area contributed by atoms with Crippen molar-refractivity contribution in [2.75, 3.05) is 85.7 Å². The molecule has 0 unspecified atom stereocenters. The van der Waals surface area contributed by atoms with Crippen LogP contribution >= 0.6 is 0 Å². The van der Waals surface area contributed by atoms with Crippen LogP contribution in [0, 0.1) is 0 Å². The largest absolute Gasteiger partial charge is 0.378 e. The number of nitrogens with zero attached hydrogens (tertiary/aromatic N) is 1. The van der Waals surface area contributed by atoms with E-state index in [2.05, 4.69) is 34.1 Å². The number of hydrogen-bond donors (Lipinski definition) is 1. The van der Waals surface area contributed by atoms with Gasteiger partial charge in [0.05, 0.1) is 66.1 Å². The van der Waals surface area contributed by atoms with E-state index >= 15 is 0 Å². The highest BCUT2D eigenvalue weighted by atomic mass is 16.6. The summed E-state index contributed by atoms with van der Waals surface area (Å²) in [6.07, 6.45) is 2.99. The van der Waals surface area contributed by atoms with Crippen molar-refractivity contribution in [1.29, 1.82) is 0 Å². The molecule has 0 bridgehead atoms. The highest BCUT2D eigenvalue weighted by Crippen LogP contribution is 2.15. The van der Waals surface area contributed by atoms with Crippen molar-refractivity contribution in [3.8, 4) is 0 Å². The summed E-state index contributed by atoms with van der Waals surface area (Å²) in [7, 11) is 0. The lowest BCUT2D eigenvalue weighted by atomic mass is 10.1. The van der Waals surface area contributed by atoms with Gasteiger partial charge in [0.25, 0.3) is 0 Å². The van der Waals surface area contributed by atoms with E-state index in [9.17, 15) is 0 Å². The molecular weight excluding hydrogens is 372 g/mol. The molecule has 0 radical (unpaired) electrons. The van der Waals surface area contributed by atoms with Crippen molar-refractivity contribution < 1.29 is 23.7 Å². The maximum absolute atomic E-state index is 5.74. The molecule has 0 aliphatic carbocycles. The number of benzene rings is 1. The van der Waals surface area contributed by atoms with Crippen LogP contribution in [0.3, 0.4) is 0 Å². The second-order valence-corrected chi connectivity index (χ2v) is 7.05. The third-order valence-corrected chi connectivity index (χ3v) is 4.93. The van der Waals surface area contributed by atoms with Gasteiger partial charge in [-0.05, 0) is 35.6 Å². The summed E-state index contributed by atoms with van der Waals surface area (Å²) in [4.78, 5) is 5.65. The molecule has 1 aliphatic rings. The summed E-state index contributed by atoms with van der Waals surface area (Å²) < 4.78 is 27.9. The molecule has 7 heteroatoms. The minimum Gasteiger partial charge on any atom is -0.378 e. The van der Waals surface area contributed by atoms with Crippen molar-refractivity contribution in [2.45, 2.75) is 6.42 Å². The normalized spacial score (nSPS) is 20.3. The SMILES string of the molecule is c1cc2cc(CCN3CCOCCOCCOCCOCCOCC3)ccc2[nH]1. The van der Waals surface area contributed by atoms with E-state index in [-0.39, 0.29) is 0 Å². The number of ether oxygens (including phenoxy) is 5. The molecule has 1 fully saturated rings. The Hall–Kier alpha value is -1.48. The van der Waals surface area contributed by atoms with Crippen molar-refractivity contribution >= 4 is 10.9 Å². The zero-order valence-electron chi connectivity index (χ0n) is 17.3. The molecule has 2 heterocycles. The molecule has 1 aromatic carbocycles. The number of fused-ring (bicyclic) bond motifs is 1. The molecule has 0 saturated carbocycles. The van der Waals surface area contributed by atoms with Gasteiger partial charge in [0.1, 0.15) is 0 Å². The van der Waals surface area contributed by atoms with E-state index in [1.54, 1.807) is 0 Å². The quantitative estimate of drug-likeness (QED) is 0.842. The number of nitrogens with one attached hydrogen (secondary N) is 1. The van der Waals surface area contributed by atoms with Gasteiger partial charge < -0.3 is 28.7 Å². The van der Waals surface area contributed by atoms with Crippen LogP contribution in [0.15, 0.2) is 30.5 Å². The molecule has 1 N–H and O–H groups in total. The number of rotatable bonds is 3. The second-order valence-electron chi connectivity index (χ2n) is 7.05. The summed E-state index contributed by atoms with van der Waals surface area (Å²) >= 11 is 0. The van der Waals surface area contributed by atoms with Crippen molar-refractivity contribution in [3.63, 3.8) is 0 Å². The van der Waals surface area contributed by atoms with Gasteiger partial charge in [-0.2, -0.15) is 0 Å². The first-order chi connectivity index (χ1) is 14.4. The van der Waals surface area contributed by atoms with Crippen molar-refractivity contribution in [2.24, 2.45) is 0 Å². The highest BCUT2D eigenvalue weighted by Gasteiger charge is 2.07. The average molecular weight is 407 g/mol. The van der Waals surface area contributed by atoms with Crippen LogP contribution < -0.4 is 0 Å². The van der Waals surface area contributed by atoms with Crippen LogP contribution in [-0.4, -0.2) is 95.6 Å². The maximum atomic E-state index is 5.74. The lowest BCUT2D eigenvalue weighted by molar-refractivity contribution is -0.0184. The van der Waals surface area contributed by atoms with Gasteiger partial charge in [-0.3, -0.25) is 4.90 Å². The zero-order chi connectivity index (χ0) is 20.0. The predicted molar refractivity (Wildman–Crippen MR) is 113 cm³/mol. The van der Waals surface area contributed by atoms with Crippen molar-refractivity contribution in [3.05, 3.63) is 36.0 Å².